The van der Waals surface area contributed by atoms with Crippen molar-refractivity contribution in [3.63, 3.8) is 0 Å². The number of aromatic amines is 1. The molecule has 6 nitrogen and oxygen atoms in total. The lowest BCUT2D eigenvalue weighted by atomic mass is 10.1. The van der Waals surface area contributed by atoms with Gasteiger partial charge in [-0.2, -0.15) is 5.10 Å². The third-order valence-electron chi connectivity index (χ3n) is 3.74. The largest absolute Gasteiger partial charge is 0.573 e. The van der Waals surface area contributed by atoms with E-state index in [-0.39, 0.29) is 17.4 Å². The third-order valence-corrected chi connectivity index (χ3v) is 4.30. The van der Waals surface area contributed by atoms with Gasteiger partial charge < -0.3 is 9.72 Å². The van der Waals surface area contributed by atoms with E-state index in [9.17, 15) is 18.0 Å². The van der Waals surface area contributed by atoms with Crippen LogP contribution in [0.3, 0.4) is 0 Å². The molecule has 10 heteroatoms. The lowest BCUT2D eigenvalue weighted by Gasteiger charge is -2.14. The Hall–Kier alpha value is -2.36. The van der Waals surface area contributed by atoms with E-state index < -0.39 is 6.36 Å². The van der Waals surface area contributed by atoms with Crippen LogP contribution in [0.25, 0.3) is 11.0 Å². The van der Waals surface area contributed by atoms with Gasteiger partial charge in [0.15, 0.2) is 5.65 Å². The molecular formula is C16H14BrF3N4O2. The normalized spacial score (nSPS) is 13.2. The predicted octanol–water partition coefficient (Wildman–Crippen LogP) is 3.89. The SMILES string of the molecule is Cc1nc2c(c(Br)nn2[C@H](C)Cc2ccc(OC(F)(F)F)cc2)c(=O)[nH]1. The van der Waals surface area contributed by atoms with Crippen molar-refractivity contribution in [1.82, 2.24) is 19.7 Å². The van der Waals surface area contributed by atoms with E-state index in [4.69, 9.17) is 0 Å². The molecule has 1 N–H and O–H groups in total. The van der Waals surface area contributed by atoms with Crippen molar-refractivity contribution in [2.75, 3.05) is 0 Å². The van der Waals surface area contributed by atoms with E-state index >= 15 is 0 Å². The number of aryl methyl sites for hydroxylation is 1. The van der Waals surface area contributed by atoms with Crippen LogP contribution in [-0.2, 0) is 6.42 Å². The van der Waals surface area contributed by atoms with Crippen LogP contribution in [0.5, 0.6) is 5.75 Å². The molecular weight excluding hydrogens is 417 g/mol. The summed E-state index contributed by atoms with van der Waals surface area (Å²) < 4.78 is 42.5. The molecule has 0 spiro atoms. The summed E-state index contributed by atoms with van der Waals surface area (Å²) in [5, 5.41) is 4.69. The molecule has 3 aromatic rings. The Balaban J connectivity index is 1.86. The van der Waals surface area contributed by atoms with Crippen LogP contribution in [0.1, 0.15) is 24.4 Å². The molecule has 1 atom stereocenters. The highest BCUT2D eigenvalue weighted by Crippen LogP contribution is 2.26. The molecule has 0 fully saturated rings. The van der Waals surface area contributed by atoms with E-state index in [1.54, 1.807) is 23.7 Å². The summed E-state index contributed by atoms with van der Waals surface area (Å²) in [5.74, 6) is 0.196. The number of alkyl halides is 3. The molecule has 0 radical (unpaired) electrons. The Kier molecular flexibility index (Phi) is 4.78. The van der Waals surface area contributed by atoms with Crippen molar-refractivity contribution >= 4 is 27.0 Å². The molecule has 3 rings (SSSR count). The highest BCUT2D eigenvalue weighted by atomic mass is 79.9. The van der Waals surface area contributed by atoms with Crippen molar-refractivity contribution in [2.24, 2.45) is 0 Å². The second kappa shape index (κ2) is 6.75. The molecule has 2 aromatic heterocycles. The molecule has 0 saturated heterocycles. The van der Waals surface area contributed by atoms with Gasteiger partial charge in [0, 0.05) is 0 Å². The maximum absolute atomic E-state index is 12.2. The summed E-state index contributed by atoms with van der Waals surface area (Å²) in [4.78, 5) is 19.1. The van der Waals surface area contributed by atoms with Crippen molar-refractivity contribution in [2.45, 2.75) is 32.7 Å². The summed E-state index contributed by atoms with van der Waals surface area (Å²) >= 11 is 3.27. The number of H-pyrrole nitrogens is 1. The van der Waals surface area contributed by atoms with E-state index in [0.29, 0.717) is 27.9 Å². The van der Waals surface area contributed by atoms with Gasteiger partial charge in [0.2, 0.25) is 0 Å². The van der Waals surface area contributed by atoms with Crippen LogP contribution in [-0.4, -0.2) is 26.1 Å². The number of nitrogens with zero attached hydrogens (tertiary/aromatic N) is 3. The van der Waals surface area contributed by atoms with Gasteiger partial charge in [-0.25, -0.2) is 9.67 Å². The smallest absolute Gasteiger partial charge is 0.406 e. The average molecular weight is 431 g/mol. The molecule has 2 heterocycles. The molecule has 0 aliphatic heterocycles. The number of fused-ring (bicyclic) bond motifs is 1. The van der Waals surface area contributed by atoms with Gasteiger partial charge in [-0.15, -0.1) is 13.2 Å². The van der Waals surface area contributed by atoms with Crippen LogP contribution < -0.4 is 10.3 Å². The van der Waals surface area contributed by atoms with E-state index in [2.05, 4.69) is 35.7 Å². The monoisotopic (exact) mass is 430 g/mol. The number of halogens is 4. The first-order valence-electron chi connectivity index (χ1n) is 7.63. The Morgan fingerprint density at radius 2 is 1.96 bits per heavy atom. The minimum absolute atomic E-state index is 0.174. The van der Waals surface area contributed by atoms with Gasteiger partial charge in [0.1, 0.15) is 21.6 Å². The first-order valence-corrected chi connectivity index (χ1v) is 8.42. The standard InChI is InChI=1S/C16H14BrF3N4O2/c1-8(7-10-3-5-11(6-4-10)26-16(18,19)20)24-14-12(13(17)23-24)15(25)22-9(2)21-14/h3-6,8H,7H2,1-2H3,(H,21,22,25)/t8-/m1/s1. The molecule has 0 amide bonds. The molecule has 0 aliphatic carbocycles. The summed E-state index contributed by atoms with van der Waals surface area (Å²) in [6, 6.07) is 5.47. The minimum atomic E-state index is -4.72. The lowest BCUT2D eigenvalue weighted by molar-refractivity contribution is -0.274. The molecule has 26 heavy (non-hydrogen) atoms. The topological polar surface area (TPSA) is 72.8 Å². The minimum Gasteiger partial charge on any atom is -0.406 e. The number of hydrogen-bond acceptors (Lipinski definition) is 4. The van der Waals surface area contributed by atoms with Crippen molar-refractivity contribution in [3.8, 4) is 5.75 Å². The number of aromatic nitrogens is 4. The van der Waals surface area contributed by atoms with E-state index in [0.717, 1.165) is 5.56 Å². The predicted molar refractivity (Wildman–Crippen MR) is 92.1 cm³/mol. The quantitative estimate of drug-likeness (QED) is 0.681. The molecule has 0 unspecified atom stereocenters. The van der Waals surface area contributed by atoms with Gasteiger partial charge in [-0.05, 0) is 53.9 Å². The maximum atomic E-state index is 12.2. The number of benzene rings is 1. The van der Waals surface area contributed by atoms with Crippen molar-refractivity contribution in [3.05, 3.63) is 50.6 Å². The van der Waals surface area contributed by atoms with Crippen LogP contribution >= 0.6 is 15.9 Å². The van der Waals surface area contributed by atoms with Crippen LogP contribution in [0.2, 0.25) is 0 Å². The van der Waals surface area contributed by atoms with Gasteiger partial charge in [-0.1, -0.05) is 12.1 Å². The first-order chi connectivity index (χ1) is 12.1. The van der Waals surface area contributed by atoms with Gasteiger partial charge >= 0.3 is 6.36 Å². The number of ether oxygens (including phenoxy) is 1. The molecule has 1 aromatic carbocycles. The summed E-state index contributed by atoms with van der Waals surface area (Å²) in [6.07, 6.45) is -4.23. The zero-order valence-electron chi connectivity index (χ0n) is 13.8. The zero-order valence-corrected chi connectivity index (χ0v) is 15.3. The highest BCUT2D eigenvalue weighted by molar-refractivity contribution is 9.10. The van der Waals surface area contributed by atoms with Crippen LogP contribution in [0.15, 0.2) is 33.7 Å². The van der Waals surface area contributed by atoms with Gasteiger partial charge in [0.25, 0.3) is 5.56 Å². The summed E-state index contributed by atoms with van der Waals surface area (Å²) in [6.45, 7) is 3.56. The second-order valence-corrected chi connectivity index (χ2v) is 6.58. The third kappa shape index (κ3) is 3.90. The lowest BCUT2D eigenvalue weighted by Crippen LogP contribution is -2.17. The average Bonchev–Trinajstić information content (AvgIpc) is 2.85. The first kappa shape index (κ1) is 18.4. The van der Waals surface area contributed by atoms with E-state index in [1.165, 1.54) is 12.1 Å². The Bertz CT molecular complexity index is 996. The summed E-state index contributed by atoms with van der Waals surface area (Å²) in [7, 11) is 0. The second-order valence-electron chi connectivity index (χ2n) is 5.83. The van der Waals surface area contributed by atoms with Crippen molar-refractivity contribution in [1.29, 1.82) is 0 Å². The molecule has 138 valence electrons. The fourth-order valence-electron chi connectivity index (χ4n) is 2.68. The number of rotatable bonds is 4. The van der Waals surface area contributed by atoms with Gasteiger partial charge in [-0.3, -0.25) is 4.79 Å². The Labute approximate surface area is 154 Å². The Morgan fingerprint density at radius 3 is 2.58 bits per heavy atom. The summed E-state index contributed by atoms with van der Waals surface area (Å²) in [5.41, 5.74) is 0.961. The fourth-order valence-corrected chi connectivity index (χ4v) is 3.21. The number of nitrogens with one attached hydrogen (secondary N) is 1. The Morgan fingerprint density at radius 1 is 1.31 bits per heavy atom. The van der Waals surface area contributed by atoms with Crippen molar-refractivity contribution < 1.29 is 17.9 Å². The zero-order chi connectivity index (χ0) is 19.1. The van der Waals surface area contributed by atoms with E-state index in [1.807, 2.05) is 6.92 Å². The van der Waals surface area contributed by atoms with Crippen LogP contribution in [0.4, 0.5) is 13.2 Å². The molecule has 0 bridgehead atoms. The molecule has 0 saturated carbocycles. The fraction of sp³-hybridized carbons (Fsp3) is 0.312. The molecule has 0 aliphatic rings. The highest BCUT2D eigenvalue weighted by Gasteiger charge is 2.31. The van der Waals surface area contributed by atoms with Gasteiger partial charge in [0.05, 0.1) is 6.04 Å². The number of hydrogen-bond donors (Lipinski definition) is 1. The maximum Gasteiger partial charge on any atom is 0.573 e. The van der Waals surface area contributed by atoms with Crippen LogP contribution in [0, 0.1) is 6.92 Å².